The number of hydrogen-bond acceptors (Lipinski definition) is 1. The zero-order valence-electron chi connectivity index (χ0n) is 12.4. The fourth-order valence-electron chi connectivity index (χ4n) is 3.59. The predicted molar refractivity (Wildman–Crippen MR) is 85.0 cm³/mol. The van der Waals surface area contributed by atoms with Crippen LogP contribution < -0.4 is 5.32 Å². The molecular weight excluding hydrogens is 242 g/mol. The van der Waals surface area contributed by atoms with Gasteiger partial charge in [0.2, 0.25) is 0 Å². The third-order valence-corrected chi connectivity index (χ3v) is 4.85. The van der Waals surface area contributed by atoms with Gasteiger partial charge in [-0.25, -0.2) is 0 Å². The lowest BCUT2D eigenvalue weighted by Gasteiger charge is -2.48. The summed E-state index contributed by atoms with van der Waals surface area (Å²) in [7, 11) is 2.09. The molecule has 0 saturated heterocycles. The molecule has 0 aromatic heterocycles. The van der Waals surface area contributed by atoms with Crippen LogP contribution in [0, 0.1) is 6.92 Å². The summed E-state index contributed by atoms with van der Waals surface area (Å²) in [5, 5.41) is 3.58. The van der Waals surface area contributed by atoms with E-state index in [1.165, 1.54) is 36.0 Å². The van der Waals surface area contributed by atoms with E-state index < -0.39 is 0 Å². The molecule has 2 aromatic rings. The zero-order valence-corrected chi connectivity index (χ0v) is 12.4. The van der Waals surface area contributed by atoms with Crippen molar-refractivity contribution in [2.75, 3.05) is 7.05 Å². The highest BCUT2D eigenvalue weighted by molar-refractivity contribution is 5.36. The Bertz CT molecular complexity index is 552. The molecule has 1 nitrogen and oxygen atoms in total. The maximum absolute atomic E-state index is 3.58. The first kappa shape index (κ1) is 13.4. The molecule has 3 rings (SSSR count). The molecule has 104 valence electrons. The summed E-state index contributed by atoms with van der Waals surface area (Å²) in [4.78, 5) is 0. The predicted octanol–water partition coefficient (Wildman–Crippen LogP) is 4.38. The van der Waals surface area contributed by atoms with Crippen LogP contribution in [0.1, 0.15) is 42.0 Å². The number of likely N-dealkylation sites (N-methyl/N-ethyl adjacent to an activating group) is 1. The van der Waals surface area contributed by atoms with Crippen LogP contribution in [0.3, 0.4) is 0 Å². The third kappa shape index (κ3) is 2.16. The summed E-state index contributed by atoms with van der Waals surface area (Å²) in [6, 6.07) is 20.4. The number of rotatable bonds is 4. The van der Waals surface area contributed by atoms with Crippen LogP contribution in [0.5, 0.6) is 0 Å². The SMILES string of the molecule is CNC(c1ccc(C)cc1)C1(c2ccccc2)CCC1. The molecule has 1 aliphatic rings. The van der Waals surface area contributed by atoms with Gasteiger partial charge in [-0.05, 0) is 37.9 Å². The van der Waals surface area contributed by atoms with E-state index in [-0.39, 0.29) is 5.41 Å². The van der Waals surface area contributed by atoms with E-state index >= 15 is 0 Å². The zero-order chi connectivity index (χ0) is 14.0. The van der Waals surface area contributed by atoms with E-state index in [1.807, 2.05) is 0 Å². The van der Waals surface area contributed by atoms with E-state index in [4.69, 9.17) is 0 Å². The number of benzene rings is 2. The second-order valence-electron chi connectivity index (χ2n) is 6.01. The van der Waals surface area contributed by atoms with Gasteiger partial charge in [0, 0.05) is 11.5 Å². The Morgan fingerprint density at radius 3 is 2.10 bits per heavy atom. The van der Waals surface area contributed by atoms with Crippen molar-refractivity contribution < 1.29 is 0 Å². The average molecular weight is 265 g/mol. The molecule has 1 aliphatic carbocycles. The van der Waals surface area contributed by atoms with Crippen LogP contribution in [0.25, 0.3) is 0 Å². The minimum Gasteiger partial charge on any atom is -0.312 e. The largest absolute Gasteiger partial charge is 0.312 e. The molecule has 1 N–H and O–H groups in total. The van der Waals surface area contributed by atoms with Gasteiger partial charge in [0.1, 0.15) is 0 Å². The fourth-order valence-corrected chi connectivity index (χ4v) is 3.59. The quantitative estimate of drug-likeness (QED) is 0.865. The number of aryl methyl sites for hydroxylation is 1. The van der Waals surface area contributed by atoms with Crippen molar-refractivity contribution in [1.82, 2.24) is 5.32 Å². The maximum atomic E-state index is 3.58. The van der Waals surface area contributed by atoms with Crippen LogP contribution in [-0.2, 0) is 5.41 Å². The van der Waals surface area contributed by atoms with Crippen molar-refractivity contribution >= 4 is 0 Å². The molecule has 1 atom stereocenters. The topological polar surface area (TPSA) is 12.0 Å². The van der Waals surface area contributed by atoms with Gasteiger partial charge in [0.05, 0.1) is 0 Å². The van der Waals surface area contributed by atoms with Crippen molar-refractivity contribution in [2.24, 2.45) is 0 Å². The van der Waals surface area contributed by atoms with Crippen LogP contribution in [-0.4, -0.2) is 7.05 Å². The molecule has 1 fully saturated rings. The lowest BCUT2D eigenvalue weighted by atomic mass is 9.59. The van der Waals surface area contributed by atoms with E-state index in [9.17, 15) is 0 Å². The maximum Gasteiger partial charge on any atom is 0.0415 e. The Hall–Kier alpha value is -1.60. The molecule has 0 spiro atoms. The minimum atomic E-state index is 0.269. The van der Waals surface area contributed by atoms with Gasteiger partial charge in [-0.1, -0.05) is 66.6 Å². The summed E-state index contributed by atoms with van der Waals surface area (Å²) in [5.41, 5.74) is 4.48. The molecule has 20 heavy (non-hydrogen) atoms. The molecule has 1 unspecified atom stereocenters. The van der Waals surface area contributed by atoms with Gasteiger partial charge in [0.25, 0.3) is 0 Å². The Kier molecular flexibility index (Phi) is 3.62. The van der Waals surface area contributed by atoms with Gasteiger partial charge in [-0.2, -0.15) is 0 Å². The van der Waals surface area contributed by atoms with E-state index in [0.29, 0.717) is 6.04 Å². The van der Waals surface area contributed by atoms with E-state index in [0.717, 1.165) is 0 Å². The molecule has 0 aliphatic heterocycles. The van der Waals surface area contributed by atoms with Gasteiger partial charge >= 0.3 is 0 Å². The summed E-state index contributed by atoms with van der Waals surface area (Å²) < 4.78 is 0. The number of nitrogens with one attached hydrogen (secondary N) is 1. The van der Waals surface area contributed by atoms with E-state index in [2.05, 4.69) is 73.9 Å². The van der Waals surface area contributed by atoms with Crippen LogP contribution >= 0.6 is 0 Å². The molecule has 2 aromatic carbocycles. The molecular formula is C19H23N. The summed E-state index contributed by atoms with van der Waals surface area (Å²) >= 11 is 0. The smallest absolute Gasteiger partial charge is 0.0415 e. The van der Waals surface area contributed by atoms with Crippen molar-refractivity contribution in [2.45, 2.75) is 37.6 Å². The van der Waals surface area contributed by atoms with Crippen LogP contribution in [0.4, 0.5) is 0 Å². The van der Waals surface area contributed by atoms with Crippen LogP contribution in [0.15, 0.2) is 54.6 Å². The second kappa shape index (κ2) is 5.41. The Morgan fingerprint density at radius 1 is 0.950 bits per heavy atom. The lowest BCUT2D eigenvalue weighted by Crippen LogP contribution is -2.45. The monoisotopic (exact) mass is 265 g/mol. The molecule has 0 bridgehead atoms. The van der Waals surface area contributed by atoms with Crippen molar-refractivity contribution in [3.8, 4) is 0 Å². The third-order valence-electron chi connectivity index (χ3n) is 4.85. The van der Waals surface area contributed by atoms with Gasteiger partial charge in [-0.3, -0.25) is 0 Å². The summed E-state index contributed by atoms with van der Waals surface area (Å²) in [5.74, 6) is 0. The fraction of sp³-hybridized carbons (Fsp3) is 0.368. The highest BCUT2D eigenvalue weighted by Gasteiger charge is 2.45. The van der Waals surface area contributed by atoms with Gasteiger partial charge in [0.15, 0.2) is 0 Å². The first-order valence-corrected chi connectivity index (χ1v) is 7.56. The lowest BCUT2D eigenvalue weighted by molar-refractivity contribution is 0.175. The average Bonchev–Trinajstić information content (AvgIpc) is 2.45. The molecule has 1 heteroatoms. The van der Waals surface area contributed by atoms with Crippen LogP contribution in [0.2, 0.25) is 0 Å². The standard InChI is InChI=1S/C19H23N/c1-15-9-11-16(12-10-15)18(20-2)19(13-6-14-19)17-7-4-3-5-8-17/h3-5,7-12,18,20H,6,13-14H2,1-2H3. The van der Waals surface area contributed by atoms with Gasteiger partial charge in [-0.15, -0.1) is 0 Å². The van der Waals surface area contributed by atoms with Gasteiger partial charge < -0.3 is 5.32 Å². The Morgan fingerprint density at radius 2 is 1.60 bits per heavy atom. The van der Waals surface area contributed by atoms with Crippen molar-refractivity contribution in [3.05, 3.63) is 71.3 Å². The first-order valence-electron chi connectivity index (χ1n) is 7.56. The normalized spacial score (nSPS) is 18.3. The molecule has 1 saturated carbocycles. The Balaban J connectivity index is 2.00. The van der Waals surface area contributed by atoms with Crippen molar-refractivity contribution in [3.63, 3.8) is 0 Å². The molecule has 0 amide bonds. The second-order valence-corrected chi connectivity index (χ2v) is 6.01. The first-order chi connectivity index (χ1) is 9.76. The molecule has 0 radical (unpaired) electrons. The Labute approximate surface area is 122 Å². The van der Waals surface area contributed by atoms with E-state index in [1.54, 1.807) is 0 Å². The summed E-state index contributed by atoms with van der Waals surface area (Å²) in [6.07, 6.45) is 3.88. The van der Waals surface area contributed by atoms with Crippen molar-refractivity contribution in [1.29, 1.82) is 0 Å². The summed E-state index contributed by atoms with van der Waals surface area (Å²) in [6.45, 7) is 2.15. The highest BCUT2D eigenvalue weighted by atomic mass is 14.9. The minimum absolute atomic E-state index is 0.269. The highest BCUT2D eigenvalue weighted by Crippen LogP contribution is 2.51. The molecule has 0 heterocycles. The number of hydrogen-bond donors (Lipinski definition) is 1.